The van der Waals surface area contributed by atoms with Crippen LogP contribution in [0.3, 0.4) is 0 Å². The Hall–Kier alpha value is -2.96. The van der Waals surface area contributed by atoms with Gasteiger partial charge in [0.05, 0.1) is 39.4 Å². The van der Waals surface area contributed by atoms with Crippen molar-refractivity contribution in [1.29, 1.82) is 0 Å². The molecule has 0 saturated heterocycles. The Morgan fingerprint density at radius 3 is 2.48 bits per heavy atom. The third-order valence-electron chi connectivity index (χ3n) is 5.77. The van der Waals surface area contributed by atoms with Gasteiger partial charge in [0.1, 0.15) is 0 Å². The number of carbonyl (C=O) groups excluding carboxylic acids is 2. The summed E-state index contributed by atoms with van der Waals surface area (Å²) >= 11 is 0. The molecule has 7 heteroatoms. The topological polar surface area (TPSA) is 83.1 Å². The highest BCUT2D eigenvalue weighted by atomic mass is 16.5. The van der Waals surface area contributed by atoms with E-state index in [2.05, 4.69) is 5.32 Å². The summed E-state index contributed by atoms with van der Waals surface area (Å²) < 4.78 is 22.2. The minimum absolute atomic E-state index is 0.0296. The van der Waals surface area contributed by atoms with E-state index in [1.807, 2.05) is 19.9 Å². The van der Waals surface area contributed by atoms with Gasteiger partial charge in [-0.05, 0) is 32.3 Å². The molecule has 3 rings (SSSR count). The third kappa shape index (κ3) is 4.27. The molecule has 31 heavy (non-hydrogen) atoms. The lowest BCUT2D eigenvalue weighted by Crippen LogP contribution is -2.34. The maximum absolute atomic E-state index is 13.2. The van der Waals surface area contributed by atoms with Crippen LogP contribution < -0.4 is 19.5 Å². The number of hydrogen-bond acceptors (Lipinski definition) is 7. The van der Waals surface area contributed by atoms with Gasteiger partial charge in [0, 0.05) is 29.0 Å². The molecule has 1 aliphatic carbocycles. The van der Waals surface area contributed by atoms with Crippen molar-refractivity contribution in [3.05, 3.63) is 40.2 Å². The van der Waals surface area contributed by atoms with Crippen molar-refractivity contribution in [3.63, 3.8) is 0 Å². The van der Waals surface area contributed by atoms with Crippen LogP contribution in [0.2, 0.25) is 0 Å². The Morgan fingerprint density at radius 1 is 1.10 bits per heavy atom. The number of ether oxygens (including phenoxy) is 4. The molecule has 1 atom stereocenters. The lowest BCUT2D eigenvalue weighted by molar-refractivity contribution is -0.139. The highest BCUT2D eigenvalue weighted by Gasteiger charge is 2.41. The molecule has 0 saturated carbocycles. The third-order valence-corrected chi connectivity index (χ3v) is 5.77. The number of carbonyl (C=O) groups is 2. The number of allylic oxidation sites excluding steroid dienone is 3. The second kappa shape index (κ2) is 9.90. The van der Waals surface area contributed by atoms with Crippen LogP contribution in [0.25, 0.3) is 0 Å². The van der Waals surface area contributed by atoms with Gasteiger partial charge in [-0.25, -0.2) is 4.79 Å². The van der Waals surface area contributed by atoms with E-state index in [-0.39, 0.29) is 5.78 Å². The van der Waals surface area contributed by atoms with E-state index in [0.29, 0.717) is 52.7 Å². The Bertz CT molecular complexity index is 930. The standard InChI is InChI=1S/C24H31NO6/c1-6-7-13-31-24(27)19-14(2)25-16-9-8-10-17(26)21(16)20(19)15-11-12-18(28-3)23(30-5)22(15)29-4/h11-12,20,25H,6-10,13H2,1-5H3/t20-/m0/s1. The molecule has 0 aromatic heterocycles. The van der Waals surface area contributed by atoms with Crippen molar-refractivity contribution in [3.8, 4) is 17.2 Å². The summed E-state index contributed by atoms with van der Waals surface area (Å²) in [5, 5.41) is 3.30. The average Bonchev–Trinajstić information content (AvgIpc) is 2.77. The molecule has 0 bridgehead atoms. The van der Waals surface area contributed by atoms with Crippen LogP contribution in [0.4, 0.5) is 0 Å². The molecule has 1 N–H and O–H groups in total. The first-order valence-corrected chi connectivity index (χ1v) is 10.7. The Morgan fingerprint density at radius 2 is 1.84 bits per heavy atom. The van der Waals surface area contributed by atoms with E-state index in [9.17, 15) is 9.59 Å². The van der Waals surface area contributed by atoms with Crippen molar-refractivity contribution >= 4 is 11.8 Å². The number of esters is 1. The van der Waals surface area contributed by atoms with Gasteiger partial charge < -0.3 is 24.3 Å². The number of unbranched alkanes of at least 4 members (excludes halogenated alkanes) is 1. The maximum Gasteiger partial charge on any atom is 0.336 e. The number of Topliss-reactive ketones (excluding diaryl/α,β-unsaturated/α-hetero) is 1. The van der Waals surface area contributed by atoms with Crippen molar-refractivity contribution in [2.75, 3.05) is 27.9 Å². The molecule has 168 valence electrons. The zero-order valence-corrected chi connectivity index (χ0v) is 18.9. The SMILES string of the molecule is CCCCOC(=O)C1=C(C)NC2=C(C(=O)CCC2)[C@H]1c1ccc(OC)c(OC)c1OC. The smallest absolute Gasteiger partial charge is 0.336 e. The van der Waals surface area contributed by atoms with Gasteiger partial charge in [-0.15, -0.1) is 0 Å². The van der Waals surface area contributed by atoms with Gasteiger partial charge in [-0.1, -0.05) is 19.4 Å². The number of ketones is 1. The Kier molecular flexibility index (Phi) is 7.25. The summed E-state index contributed by atoms with van der Waals surface area (Å²) in [5.41, 5.74) is 3.25. The fourth-order valence-corrected chi connectivity index (χ4v) is 4.30. The zero-order chi connectivity index (χ0) is 22.5. The van der Waals surface area contributed by atoms with Crippen LogP contribution in [0.15, 0.2) is 34.7 Å². The number of benzene rings is 1. The number of rotatable bonds is 8. The van der Waals surface area contributed by atoms with E-state index >= 15 is 0 Å². The first-order valence-electron chi connectivity index (χ1n) is 10.7. The number of nitrogens with one attached hydrogen (secondary N) is 1. The average molecular weight is 430 g/mol. The van der Waals surface area contributed by atoms with Gasteiger partial charge in [0.25, 0.3) is 0 Å². The van der Waals surface area contributed by atoms with Gasteiger partial charge in [-0.2, -0.15) is 0 Å². The predicted molar refractivity (Wildman–Crippen MR) is 116 cm³/mol. The lowest BCUT2D eigenvalue weighted by atomic mass is 9.75. The summed E-state index contributed by atoms with van der Waals surface area (Å²) in [6.07, 6.45) is 3.68. The highest BCUT2D eigenvalue weighted by molar-refractivity contribution is 6.04. The van der Waals surface area contributed by atoms with Crippen molar-refractivity contribution in [1.82, 2.24) is 5.32 Å². The fraction of sp³-hybridized carbons (Fsp3) is 0.500. The molecule has 0 radical (unpaired) electrons. The molecule has 1 aliphatic heterocycles. The zero-order valence-electron chi connectivity index (χ0n) is 18.9. The first kappa shape index (κ1) is 22.7. The normalized spacial score (nSPS) is 18.4. The Labute approximate surface area is 183 Å². The highest BCUT2D eigenvalue weighted by Crippen LogP contribution is 2.50. The van der Waals surface area contributed by atoms with Crippen LogP contribution in [0, 0.1) is 0 Å². The molecule has 0 unspecified atom stereocenters. The molecule has 1 aromatic rings. The van der Waals surface area contributed by atoms with Crippen LogP contribution in [-0.4, -0.2) is 39.7 Å². The van der Waals surface area contributed by atoms with E-state index in [1.165, 1.54) is 14.2 Å². The van der Waals surface area contributed by atoms with Gasteiger partial charge >= 0.3 is 5.97 Å². The van der Waals surface area contributed by atoms with Crippen molar-refractivity contribution in [2.45, 2.75) is 51.9 Å². The van der Waals surface area contributed by atoms with Gasteiger partial charge in [0.2, 0.25) is 5.75 Å². The minimum Gasteiger partial charge on any atom is -0.493 e. The monoisotopic (exact) mass is 429 g/mol. The van der Waals surface area contributed by atoms with Crippen LogP contribution in [0.5, 0.6) is 17.2 Å². The summed E-state index contributed by atoms with van der Waals surface area (Å²) in [7, 11) is 4.62. The van der Waals surface area contributed by atoms with E-state index in [4.69, 9.17) is 18.9 Å². The van der Waals surface area contributed by atoms with Crippen molar-refractivity contribution in [2.24, 2.45) is 0 Å². The van der Waals surface area contributed by atoms with E-state index in [0.717, 1.165) is 31.4 Å². The molecule has 0 spiro atoms. The Balaban J connectivity index is 2.20. The second-order valence-corrected chi connectivity index (χ2v) is 7.68. The summed E-state index contributed by atoms with van der Waals surface area (Å²) in [4.78, 5) is 26.2. The van der Waals surface area contributed by atoms with E-state index < -0.39 is 11.9 Å². The molecule has 0 fully saturated rings. The van der Waals surface area contributed by atoms with Gasteiger partial charge in [0.15, 0.2) is 17.3 Å². The predicted octanol–water partition coefficient (Wildman–Crippen LogP) is 4.02. The first-order chi connectivity index (χ1) is 15.0. The lowest BCUT2D eigenvalue weighted by Gasteiger charge is -2.35. The van der Waals surface area contributed by atoms with Gasteiger partial charge in [-0.3, -0.25) is 4.79 Å². The largest absolute Gasteiger partial charge is 0.493 e. The minimum atomic E-state index is -0.604. The molecule has 0 amide bonds. The van der Waals surface area contributed by atoms with Crippen molar-refractivity contribution < 1.29 is 28.5 Å². The quantitative estimate of drug-likeness (QED) is 0.493. The molecule has 2 aliphatic rings. The fourth-order valence-electron chi connectivity index (χ4n) is 4.30. The number of methoxy groups -OCH3 is 3. The molecular formula is C24H31NO6. The molecule has 1 aromatic carbocycles. The van der Waals surface area contributed by atoms with Crippen LogP contribution in [-0.2, 0) is 14.3 Å². The molecule has 1 heterocycles. The second-order valence-electron chi connectivity index (χ2n) is 7.68. The molecule has 7 nitrogen and oxygen atoms in total. The summed E-state index contributed by atoms with van der Waals surface area (Å²) in [6, 6.07) is 3.59. The summed E-state index contributed by atoms with van der Waals surface area (Å²) in [6.45, 7) is 4.22. The maximum atomic E-state index is 13.2. The van der Waals surface area contributed by atoms with Crippen LogP contribution in [0.1, 0.15) is 57.4 Å². The number of hydrogen-bond donors (Lipinski definition) is 1. The van der Waals surface area contributed by atoms with E-state index in [1.54, 1.807) is 13.2 Å². The molecular weight excluding hydrogens is 398 g/mol. The van der Waals surface area contributed by atoms with Crippen LogP contribution >= 0.6 is 0 Å². The summed E-state index contributed by atoms with van der Waals surface area (Å²) in [5.74, 6) is 0.363. The number of dihydropyridines is 1.